The number of hydrogen-bond acceptors (Lipinski definition) is 2. The molecule has 0 saturated heterocycles. The van der Waals surface area contributed by atoms with Crippen LogP contribution in [0.2, 0.25) is 0 Å². The van der Waals surface area contributed by atoms with Gasteiger partial charge in [-0.2, -0.15) is 0 Å². The molecule has 0 spiro atoms. The van der Waals surface area contributed by atoms with E-state index in [2.05, 4.69) is 61.6 Å². The summed E-state index contributed by atoms with van der Waals surface area (Å²) in [5.74, 6) is 0. The first-order valence-corrected chi connectivity index (χ1v) is 7.55. The summed E-state index contributed by atoms with van der Waals surface area (Å²) in [6, 6.07) is 10.6. The molecule has 0 unspecified atom stereocenters. The highest BCUT2D eigenvalue weighted by atomic mass is 15.0. The van der Waals surface area contributed by atoms with E-state index < -0.39 is 0 Å². The second kappa shape index (κ2) is 4.84. The molecule has 3 rings (SSSR count). The molecule has 1 aromatic heterocycles. The Balaban J connectivity index is 2.07. The molecule has 0 fully saturated rings. The van der Waals surface area contributed by atoms with E-state index in [9.17, 15) is 0 Å². The Hall–Kier alpha value is -2.35. The first-order valence-electron chi connectivity index (χ1n) is 7.55. The van der Waals surface area contributed by atoms with Crippen molar-refractivity contribution >= 4 is 11.3 Å². The lowest BCUT2D eigenvalue weighted by molar-refractivity contribution is 0.499. The van der Waals surface area contributed by atoms with Crippen molar-refractivity contribution in [2.45, 2.75) is 33.2 Å². The fraction of sp³-hybridized carbons (Fsp3) is 0.250. The molecule has 22 heavy (non-hydrogen) atoms. The molecule has 0 saturated carbocycles. The lowest BCUT2D eigenvalue weighted by atomic mass is 9.89. The fourth-order valence-electron chi connectivity index (χ4n) is 3.19. The number of nitrogens with zero attached hydrogens (tertiary/aromatic N) is 1. The second-order valence-electron chi connectivity index (χ2n) is 6.55. The third-order valence-corrected chi connectivity index (χ3v) is 4.38. The predicted molar refractivity (Wildman–Crippen MR) is 93.5 cm³/mol. The van der Waals surface area contributed by atoms with Gasteiger partial charge in [-0.15, -0.1) is 0 Å². The van der Waals surface area contributed by atoms with E-state index in [1.807, 2.05) is 19.9 Å². The Morgan fingerprint density at radius 1 is 1.14 bits per heavy atom. The molecule has 2 heterocycles. The van der Waals surface area contributed by atoms with Crippen LogP contribution in [-0.2, 0) is 5.54 Å². The normalized spacial score (nSPS) is 15.4. The molecule has 0 atom stereocenters. The van der Waals surface area contributed by atoms with Crippen LogP contribution in [0, 0.1) is 13.8 Å². The van der Waals surface area contributed by atoms with Gasteiger partial charge in [-0.1, -0.05) is 31.4 Å². The van der Waals surface area contributed by atoms with Crippen molar-refractivity contribution in [3.63, 3.8) is 0 Å². The molecule has 1 N–H and O–H groups in total. The Bertz CT molecular complexity index is 797. The summed E-state index contributed by atoms with van der Waals surface area (Å²) in [5, 5.41) is 3.45. The third kappa shape index (κ3) is 2.25. The van der Waals surface area contributed by atoms with Crippen LogP contribution in [0.15, 0.2) is 43.5 Å². The van der Waals surface area contributed by atoms with Gasteiger partial charge in [0.15, 0.2) is 0 Å². The molecule has 1 aliphatic heterocycles. The highest BCUT2D eigenvalue weighted by Gasteiger charge is 2.31. The number of benzene rings is 1. The van der Waals surface area contributed by atoms with E-state index >= 15 is 0 Å². The van der Waals surface area contributed by atoms with E-state index in [1.165, 1.54) is 11.1 Å². The monoisotopic (exact) mass is 290 g/mol. The molecule has 0 bridgehead atoms. The summed E-state index contributed by atoms with van der Waals surface area (Å²) in [5.41, 5.74) is 8.67. The molecule has 0 aliphatic carbocycles. The molecular formula is C20H22N2. The van der Waals surface area contributed by atoms with Crippen LogP contribution in [-0.4, -0.2) is 4.98 Å². The Morgan fingerprint density at radius 2 is 1.86 bits per heavy atom. The van der Waals surface area contributed by atoms with Crippen molar-refractivity contribution < 1.29 is 0 Å². The van der Waals surface area contributed by atoms with Gasteiger partial charge < -0.3 is 5.32 Å². The number of hydrogen-bond donors (Lipinski definition) is 1. The lowest BCUT2D eigenvalue weighted by Gasteiger charge is -2.21. The van der Waals surface area contributed by atoms with Crippen molar-refractivity contribution in [2.75, 3.05) is 0 Å². The van der Waals surface area contributed by atoms with Crippen LogP contribution >= 0.6 is 0 Å². The van der Waals surface area contributed by atoms with Crippen molar-refractivity contribution in [3.05, 3.63) is 77.1 Å². The molecular weight excluding hydrogens is 268 g/mol. The van der Waals surface area contributed by atoms with Crippen molar-refractivity contribution in [1.29, 1.82) is 0 Å². The van der Waals surface area contributed by atoms with E-state index in [4.69, 9.17) is 0 Å². The average molecular weight is 290 g/mol. The third-order valence-electron chi connectivity index (χ3n) is 4.38. The first kappa shape index (κ1) is 14.6. The zero-order valence-electron chi connectivity index (χ0n) is 13.7. The van der Waals surface area contributed by atoms with E-state index in [1.54, 1.807) is 0 Å². The predicted octanol–water partition coefficient (Wildman–Crippen LogP) is 4.57. The first-order chi connectivity index (χ1) is 10.3. The van der Waals surface area contributed by atoms with Crippen LogP contribution < -0.4 is 5.32 Å². The van der Waals surface area contributed by atoms with Gasteiger partial charge >= 0.3 is 0 Å². The molecule has 112 valence electrons. The van der Waals surface area contributed by atoms with E-state index in [0.717, 1.165) is 33.8 Å². The van der Waals surface area contributed by atoms with Crippen LogP contribution in [0.4, 0.5) is 0 Å². The Labute approximate surface area is 132 Å². The minimum Gasteiger partial charge on any atom is -0.376 e. The smallest absolute Gasteiger partial charge is 0.0575 e. The summed E-state index contributed by atoms with van der Waals surface area (Å²) >= 11 is 0. The molecule has 2 aromatic rings. The van der Waals surface area contributed by atoms with Crippen LogP contribution in [0.5, 0.6) is 0 Å². The maximum atomic E-state index is 4.55. The number of nitrogens with one attached hydrogen (secondary N) is 1. The zero-order chi connectivity index (χ0) is 16.1. The SMILES string of the molecule is C=C1NC(C)(C)c2cc(C(=C)c3ccc(C)nc3C)ccc21. The maximum absolute atomic E-state index is 4.55. The lowest BCUT2D eigenvalue weighted by Crippen LogP contribution is -2.28. The van der Waals surface area contributed by atoms with Gasteiger partial charge in [0.1, 0.15) is 0 Å². The molecule has 2 nitrogen and oxygen atoms in total. The minimum absolute atomic E-state index is 0.0940. The van der Waals surface area contributed by atoms with Gasteiger partial charge in [0.25, 0.3) is 0 Å². The van der Waals surface area contributed by atoms with Gasteiger partial charge in [-0.05, 0) is 56.5 Å². The van der Waals surface area contributed by atoms with Crippen molar-refractivity contribution in [1.82, 2.24) is 10.3 Å². The molecule has 1 aliphatic rings. The Morgan fingerprint density at radius 3 is 2.55 bits per heavy atom. The number of aromatic nitrogens is 1. The van der Waals surface area contributed by atoms with Gasteiger partial charge in [-0.25, -0.2) is 0 Å². The van der Waals surface area contributed by atoms with Crippen molar-refractivity contribution in [3.8, 4) is 0 Å². The summed E-state index contributed by atoms with van der Waals surface area (Å²) in [6.45, 7) is 16.8. The zero-order valence-corrected chi connectivity index (χ0v) is 13.7. The average Bonchev–Trinajstić information content (AvgIpc) is 2.68. The summed E-state index contributed by atoms with van der Waals surface area (Å²) in [6.07, 6.45) is 0. The molecule has 0 radical (unpaired) electrons. The quantitative estimate of drug-likeness (QED) is 0.876. The highest BCUT2D eigenvalue weighted by Crippen LogP contribution is 2.38. The van der Waals surface area contributed by atoms with Gasteiger partial charge in [0, 0.05) is 28.2 Å². The second-order valence-corrected chi connectivity index (χ2v) is 6.55. The van der Waals surface area contributed by atoms with Gasteiger partial charge in [0.05, 0.1) is 5.54 Å². The van der Waals surface area contributed by atoms with Crippen LogP contribution in [0.25, 0.3) is 11.3 Å². The minimum atomic E-state index is -0.0940. The maximum Gasteiger partial charge on any atom is 0.0575 e. The van der Waals surface area contributed by atoms with Crippen LogP contribution in [0.3, 0.4) is 0 Å². The fourth-order valence-corrected chi connectivity index (χ4v) is 3.19. The van der Waals surface area contributed by atoms with E-state index in [0.29, 0.717) is 0 Å². The number of rotatable bonds is 2. The van der Waals surface area contributed by atoms with Gasteiger partial charge in [0.2, 0.25) is 0 Å². The molecule has 1 aromatic carbocycles. The number of fused-ring (bicyclic) bond motifs is 1. The molecule has 0 amide bonds. The summed E-state index contributed by atoms with van der Waals surface area (Å²) in [4.78, 5) is 4.55. The molecule has 2 heteroatoms. The Kier molecular flexibility index (Phi) is 3.21. The summed E-state index contributed by atoms with van der Waals surface area (Å²) < 4.78 is 0. The van der Waals surface area contributed by atoms with E-state index in [-0.39, 0.29) is 5.54 Å². The van der Waals surface area contributed by atoms with Crippen LogP contribution in [0.1, 0.15) is 47.5 Å². The number of aryl methyl sites for hydroxylation is 2. The summed E-state index contributed by atoms with van der Waals surface area (Å²) in [7, 11) is 0. The standard InChI is InChI=1S/C20H22N2/c1-12-7-9-17(14(3)21-12)13(2)16-8-10-18-15(4)22-20(5,6)19(18)11-16/h7-11,22H,2,4H2,1,3,5-6H3. The highest BCUT2D eigenvalue weighted by molar-refractivity contribution is 5.82. The number of pyridine rings is 1. The van der Waals surface area contributed by atoms with Crippen molar-refractivity contribution in [2.24, 2.45) is 0 Å². The van der Waals surface area contributed by atoms with Gasteiger partial charge in [-0.3, -0.25) is 4.98 Å². The largest absolute Gasteiger partial charge is 0.376 e. The topological polar surface area (TPSA) is 24.9 Å².